The number of aromatic nitrogens is 1. The molecule has 138 valence electrons. The van der Waals surface area contributed by atoms with E-state index in [2.05, 4.69) is 9.88 Å². The Morgan fingerprint density at radius 3 is 2.16 bits per heavy atom. The Labute approximate surface area is 162 Å². The van der Waals surface area contributed by atoms with Crippen molar-refractivity contribution in [3.8, 4) is 0 Å². The van der Waals surface area contributed by atoms with Gasteiger partial charge in [-0.2, -0.15) is 0 Å². The van der Waals surface area contributed by atoms with Crippen LogP contribution in [0.4, 0.5) is 0 Å². The molecule has 1 aliphatic heterocycles. The Balaban J connectivity index is 0.00000156. The molecular weight excluding hydrogens is 379 g/mol. The van der Waals surface area contributed by atoms with E-state index < -0.39 is 9.84 Å². The quantitative estimate of drug-likeness (QED) is 0.768. The van der Waals surface area contributed by atoms with E-state index in [0.29, 0.717) is 17.7 Å². The van der Waals surface area contributed by atoms with Crippen molar-refractivity contribution in [2.24, 2.45) is 0 Å². The van der Waals surface area contributed by atoms with Crippen LogP contribution in [0.5, 0.6) is 0 Å². The fourth-order valence-electron chi connectivity index (χ4n) is 3.08. The highest BCUT2D eigenvalue weighted by molar-refractivity contribution is 7.92. The first-order valence-corrected chi connectivity index (χ1v) is 9.61. The monoisotopic (exact) mass is 402 g/mol. The number of hydrogen-bond acceptors (Lipinski definition) is 4. The summed E-state index contributed by atoms with van der Waals surface area (Å²) >= 11 is 0. The minimum absolute atomic E-state index is 0. The lowest BCUT2D eigenvalue weighted by atomic mass is 10.1. The van der Waals surface area contributed by atoms with E-state index in [1.807, 2.05) is 30.6 Å². The summed E-state index contributed by atoms with van der Waals surface area (Å²) in [7, 11) is -3.19. The summed E-state index contributed by atoms with van der Waals surface area (Å²) in [5.74, 6) is 0. The van der Waals surface area contributed by atoms with Gasteiger partial charge in [0.2, 0.25) is 0 Å². The van der Waals surface area contributed by atoms with Gasteiger partial charge < -0.3 is 4.90 Å². The standard InChI is InChI=1S/C18H22N2O2S.2ClH/c21-23(22,17-4-2-1-3-5-17)18-9-14-20(15-10-18)13-8-16-6-11-19-12-7-16;;/h1-7,11-12,18H,8-10,13-15H2;2*1H. The molecule has 0 atom stereocenters. The summed E-state index contributed by atoms with van der Waals surface area (Å²) in [4.78, 5) is 6.84. The first-order valence-electron chi connectivity index (χ1n) is 8.06. The van der Waals surface area contributed by atoms with Gasteiger partial charge in [-0.05, 0) is 62.2 Å². The molecule has 0 aliphatic carbocycles. The number of likely N-dealkylation sites (tertiary alicyclic amines) is 1. The van der Waals surface area contributed by atoms with Gasteiger partial charge >= 0.3 is 0 Å². The summed E-state index contributed by atoms with van der Waals surface area (Å²) in [6.07, 6.45) is 6.04. The number of pyridine rings is 1. The van der Waals surface area contributed by atoms with Crippen LogP contribution in [0.25, 0.3) is 0 Å². The van der Waals surface area contributed by atoms with E-state index >= 15 is 0 Å². The van der Waals surface area contributed by atoms with Gasteiger partial charge in [-0.3, -0.25) is 4.98 Å². The molecule has 1 fully saturated rings. The Kier molecular flexibility index (Phi) is 8.86. The highest BCUT2D eigenvalue weighted by Crippen LogP contribution is 2.24. The molecule has 1 saturated heterocycles. The molecule has 0 amide bonds. The molecule has 0 saturated carbocycles. The van der Waals surface area contributed by atoms with Gasteiger partial charge in [0.1, 0.15) is 0 Å². The summed E-state index contributed by atoms with van der Waals surface area (Å²) < 4.78 is 25.3. The molecule has 25 heavy (non-hydrogen) atoms. The van der Waals surface area contributed by atoms with Crippen molar-refractivity contribution >= 4 is 34.7 Å². The highest BCUT2D eigenvalue weighted by atomic mass is 35.5. The minimum atomic E-state index is -3.19. The SMILES string of the molecule is Cl.Cl.O=S(=O)(c1ccccc1)C1CCN(CCc2ccncc2)CC1. The van der Waals surface area contributed by atoms with Crippen molar-refractivity contribution in [2.45, 2.75) is 29.4 Å². The summed E-state index contributed by atoms with van der Waals surface area (Å²) in [6, 6.07) is 12.9. The Hall–Kier alpha value is -1.14. The lowest BCUT2D eigenvalue weighted by Crippen LogP contribution is -2.40. The van der Waals surface area contributed by atoms with Crippen LogP contribution in [-0.4, -0.2) is 43.2 Å². The van der Waals surface area contributed by atoms with E-state index in [0.717, 1.165) is 26.1 Å². The Morgan fingerprint density at radius 2 is 1.56 bits per heavy atom. The Morgan fingerprint density at radius 1 is 0.960 bits per heavy atom. The van der Waals surface area contributed by atoms with E-state index in [-0.39, 0.29) is 30.1 Å². The van der Waals surface area contributed by atoms with Crippen LogP contribution in [0.2, 0.25) is 0 Å². The fraction of sp³-hybridized carbons (Fsp3) is 0.389. The lowest BCUT2D eigenvalue weighted by Gasteiger charge is -2.31. The third-order valence-electron chi connectivity index (χ3n) is 4.51. The smallest absolute Gasteiger partial charge is 0.181 e. The molecule has 0 radical (unpaired) electrons. The minimum Gasteiger partial charge on any atom is -0.303 e. The molecule has 4 nitrogen and oxygen atoms in total. The molecule has 0 unspecified atom stereocenters. The second-order valence-corrected chi connectivity index (χ2v) is 8.23. The van der Waals surface area contributed by atoms with Gasteiger partial charge in [-0.15, -0.1) is 24.8 Å². The zero-order valence-corrected chi connectivity index (χ0v) is 16.4. The number of hydrogen-bond donors (Lipinski definition) is 0. The summed E-state index contributed by atoms with van der Waals surface area (Å²) in [5.41, 5.74) is 1.28. The zero-order valence-electron chi connectivity index (χ0n) is 14.0. The van der Waals surface area contributed by atoms with Crippen molar-refractivity contribution in [3.05, 3.63) is 60.4 Å². The highest BCUT2D eigenvalue weighted by Gasteiger charge is 2.30. The van der Waals surface area contributed by atoms with Gasteiger partial charge in [-0.25, -0.2) is 8.42 Å². The number of benzene rings is 1. The number of halogens is 2. The van der Waals surface area contributed by atoms with Gasteiger partial charge in [0, 0.05) is 18.9 Å². The maximum atomic E-state index is 12.6. The van der Waals surface area contributed by atoms with Gasteiger partial charge in [0.15, 0.2) is 9.84 Å². The lowest BCUT2D eigenvalue weighted by molar-refractivity contribution is 0.232. The summed E-state index contributed by atoms with van der Waals surface area (Å²) in [5, 5.41) is -0.248. The zero-order chi connectivity index (χ0) is 16.1. The average molecular weight is 403 g/mol. The molecule has 0 spiro atoms. The van der Waals surface area contributed by atoms with Crippen LogP contribution in [0.15, 0.2) is 59.8 Å². The van der Waals surface area contributed by atoms with Crippen molar-refractivity contribution in [3.63, 3.8) is 0 Å². The third kappa shape index (κ3) is 5.68. The number of sulfone groups is 1. The maximum Gasteiger partial charge on any atom is 0.181 e. The molecule has 1 aliphatic rings. The van der Waals surface area contributed by atoms with Crippen molar-refractivity contribution in [2.75, 3.05) is 19.6 Å². The average Bonchev–Trinajstić information content (AvgIpc) is 2.62. The molecule has 2 heterocycles. The third-order valence-corrected chi connectivity index (χ3v) is 6.79. The van der Waals surface area contributed by atoms with E-state index in [4.69, 9.17) is 0 Å². The van der Waals surface area contributed by atoms with Crippen LogP contribution in [0.1, 0.15) is 18.4 Å². The van der Waals surface area contributed by atoms with E-state index in [1.54, 1.807) is 24.3 Å². The van der Waals surface area contributed by atoms with Crippen molar-refractivity contribution in [1.29, 1.82) is 0 Å². The summed E-state index contributed by atoms with van der Waals surface area (Å²) in [6.45, 7) is 2.67. The molecule has 3 rings (SSSR count). The van der Waals surface area contributed by atoms with Gasteiger partial charge in [-0.1, -0.05) is 18.2 Å². The van der Waals surface area contributed by atoms with Crippen molar-refractivity contribution in [1.82, 2.24) is 9.88 Å². The first kappa shape index (κ1) is 21.9. The van der Waals surface area contributed by atoms with Crippen LogP contribution in [-0.2, 0) is 16.3 Å². The molecule has 0 N–H and O–H groups in total. The van der Waals surface area contributed by atoms with Crippen LogP contribution >= 0.6 is 24.8 Å². The number of nitrogens with zero attached hydrogens (tertiary/aromatic N) is 2. The largest absolute Gasteiger partial charge is 0.303 e. The maximum absolute atomic E-state index is 12.6. The van der Waals surface area contributed by atoms with Crippen LogP contribution in [0, 0.1) is 0 Å². The topological polar surface area (TPSA) is 50.3 Å². The number of rotatable bonds is 5. The van der Waals surface area contributed by atoms with Gasteiger partial charge in [0.05, 0.1) is 10.1 Å². The predicted molar refractivity (Wildman–Crippen MR) is 106 cm³/mol. The normalized spacial score (nSPS) is 15.8. The van der Waals surface area contributed by atoms with Crippen LogP contribution in [0.3, 0.4) is 0 Å². The van der Waals surface area contributed by atoms with E-state index in [9.17, 15) is 8.42 Å². The Bertz CT molecular complexity index is 719. The van der Waals surface area contributed by atoms with E-state index in [1.165, 1.54) is 5.56 Å². The number of piperidine rings is 1. The molecule has 1 aromatic heterocycles. The second-order valence-electron chi connectivity index (χ2n) is 6.00. The second kappa shape index (κ2) is 10.1. The van der Waals surface area contributed by atoms with Crippen LogP contribution < -0.4 is 0 Å². The fourth-order valence-corrected chi connectivity index (χ4v) is 4.84. The van der Waals surface area contributed by atoms with Gasteiger partial charge in [0.25, 0.3) is 0 Å². The molecule has 1 aromatic carbocycles. The molecule has 7 heteroatoms. The molecule has 0 bridgehead atoms. The van der Waals surface area contributed by atoms with Crippen molar-refractivity contribution < 1.29 is 8.42 Å². The molecular formula is C18H24Cl2N2O2S. The molecule has 2 aromatic rings. The predicted octanol–water partition coefficient (Wildman–Crippen LogP) is 3.41. The first-order chi connectivity index (χ1) is 11.2.